The maximum atomic E-state index is 9.51. The molecule has 0 aromatic rings. The van der Waals surface area contributed by atoms with Gasteiger partial charge in [0, 0.05) is 0 Å². The zero-order chi connectivity index (χ0) is 6.41. The molecule has 0 bridgehead atoms. The van der Waals surface area contributed by atoms with Crippen molar-refractivity contribution >= 4 is 46.4 Å². The van der Waals surface area contributed by atoms with Crippen LogP contribution in [0.1, 0.15) is 2.85 Å². The third-order valence-corrected chi connectivity index (χ3v) is 0.785. The summed E-state index contributed by atoms with van der Waals surface area (Å²) in [7, 11) is -0.472. The van der Waals surface area contributed by atoms with Crippen molar-refractivity contribution in [2.24, 2.45) is 0 Å². The van der Waals surface area contributed by atoms with Gasteiger partial charge in [0.15, 0.2) is 0 Å². The third-order valence-electron chi connectivity index (χ3n) is 0.530. The number of aliphatic hydroxyl groups excluding tert-OH is 2. The van der Waals surface area contributed by atoms with E-state index in [0.29, 0.717) is 0 Å². The van der Waals surface area contributed by atoms with Crippen LogP contribution in [0.25, 0.3) is 0 Å². The van der Waals surface area contributed by atoms with E-state index in [9.17, 15) is 4.57 Å². The summed E-state index contributed by atoms with van der Waals surface area (Å²) in [5.74, 6) is 0. The number of hydrogen-bond acceptors (Lipinski definition) is 4. The summed E-state index contributed by atoms with van der Waals surface area (Å²) in [6.07, 6.45) is -0.920. The minimum Gasteiger partial charge on any atom is -1.00 e. The fraction of sp³-hybridized carbons (Fsp3) is 1.00. The molecule has 2 N–H and O–H groups in total. The van der Waals surface area contributed by atoms with Crippen LogP contribution in [0.4, 0.5) is 0 Å². The van der Waals surface area contributed by atoms with Crippen molar-refractivity contribution in [1.29, 1.82) is 0 Å². The van der Waals surface area contributed by atoms with Gasteiger partial charge in [-0.25, -0.2) is 4.57 Å². The zero-order valence-corrected chi connectivity index (χ0v) is 7.96. The summed E-state index contributed by atoms with van der Waals surface area (Å²) in [5, 5.41) is 16.6. The Morgan fingerprint density at radius 2 is 2.33 bits per heavy atom. The Hall–Kier alpha value is 1.24. The van der Waals surface area contributed by atoms with Gasteiger partial charge in [0.1, 0.15) is 6.10 Å². The molecule has 4 nitrogen and oxygen atoms in total. The van der Waals surface area contributed by atoms with Gasteiger partial charge in [-0.3, -0.25) is 4.52 Å². The van der Waals surface area contributed by atoms with Gasteiger partial charge in [0.05, 0.1) is 13.2 Å². The summed E-state index contributed by atoms with van der Waals surface area (Å²) < 4.78 is 13.7. The maximum absolute atomic E-state index is 9.51. The summed E-state index contributed by atoms with van der Waals surface area (Å²) in [6.45, 7) is -0.461. The Labute approximate surface area is 87.5 Å². The second-order valence-electron chi connectivity index (χ2n) is 1.21. The zero-order valence-electron chi connectivity index (χ0n) is 6.86. The van der Waals surface area contributed by atoms with Crippen LogP contribution in [0.5, 0.6) is 0 Å². The van der Waals surface area contributed by atoms with Crippen molar-refractivity contribution in [3.63, 3.8) is 0 Å². The van der Waals surface area contributed by atoms with Gasteiger partial charge in [0.25, 0.3) is 0 Å². The SMILES string of the molecule is O=POCC(O)CO.[Ca+2].[H-].[H-]. The second-order valence-corrected chi connectivity index (χ2v) is 1.61. The molecule has 0 heterocycles. The molecule has 0 aliphatic carbocycles. The molecular formula is C3H9CaO4P. The molecular weight excluding hydrogens is 171 g/mol. The standard InChI is InChI=1S/C3H7O4P.Ca.2H/c4-1-3(5)2-7-8-6;;;/h3-5H,1-2H2;;;/q;+2;2*-1. The molecule has 0 aromatic carbocycles. The van der Waals surface area contributed by atoms with Crippen molar-refractivity contribution in [3.8, 4) is 0 Å². The van der Waals surface area contributed by atoms with E-state index in [0.717, 1.165) is 0 Å². The average molecular weight is 180 g/mol. The van der Waals surface area contributed by atoms with E-state index in [1.807, 2.05) is 0 Å². The first-order chi connectivity index (χ1) is 3.81. The predicted octanol–water partition coefficient (Wildman–Crippen LogP) is -0.593. The van der Waals surface area contributed by atoms with Crippen LogP contribution in [0.3, 0.4) is 0 Å². The number of hydrogen-bond donors (Lipinski definition) is 2. The molecule has 0 radical (unpaired) electrons. The topological polar surface area (TPSA) is 66.8 Å². The molecule has 0 amide bonds. The van der Waals surface area contributed by atoms with E-state index >= 15 is 0 Å². The van der Waals surface area contributed by atoms with Crippen molar-refractivity contribution in [2.75, 3.05) is 13.2 Å². The summed E-state index contributed by atoms with van der Waals surface area (Å²) in [6, 6.07) is 0. The molecule has 9 heavy (non-hydrogen) atoms. The van der Waals surface area contributed by atoms with E-state index in [2.05, 4.69) is 4.52 Å². The first kappa shape index (κ1) is 12.9. The van der Waals surface area contributed by atoms with E-state index in [4.69, 9.17) is 10.2 Å². The Morgan fingerprint density at radius 3 is 2.67 bits per heavy atom. The summed E-state index contributed by atoms with van der Waals surface area (Å²) in [5.41, 5.74) is 0. The molecule has 0 aliphatic rings. The molecule has 0 aromatic heterocycles. The maximum Gasteiger partial charge on any atom is 2.00 e. The molecule has 0 spiro atoms. The van der Waals surface area contributed by atoms with Gasteiger partial charge in [-0.1, -0.05) is 0 Å². The third kappa shape index (κ3) is 9.24. The van der Waals surface area contributed by atoms with Crippen molar-refractivity contribution in [2.45, 2.75) is 6.10 Å². The molecule has 1 unspecified atom stereocenters. The van der Waals surface area contributed by atoms with Crippen LogP contribution in [0, 0.1) is 0 Å². The smallest absolute Gasteiger partial charge is 1.00 e. The minimum absolute atomic E-state index is 0. The average Bonchev–Trinajstić information content (AvgIpc) is 1.83. The predicted molar refractivity (Wildman–Crippen MR) is 34.6 cm³/mol. The number of aliphatic hydroxyl groups is 2. The molecule has 6 heteroatoms. The Balaban J connectivity index is -0.0000000817. The molecule has 0 saturated carbocycles. The largest absolute Gasteiger partial charge is 2.00 e. The van der Waals surface area contributed by atoms with Gasteiger partial charge in [-0.05, 0) is 0 Å². The van der Waals surface area contributed by atoms with E-state index in [1.54, 1.807) is 0 Å². The van der Waals surface area contributed by atoms with Gasteiger partial charge < -0.3 is 13.1 Å². The van der Waals surface area contributed by atoms with Crippen LogP contribution in [0.15, 0.2) is 0 Å². The monoisotopic (exact) mass is 180 g/mol. The first-order valence-corrected chi connectivity index (χ1v) is 2.78. The molecule has 0 rings (SSSR count). The van der Waals surface area contributed by atoms with Gasteiger partial charge in [0.2, 0.25) is 0 Å². The second kappa shape index (κ2) is 9.24. The van der Waals surface area contributed by atoms with Crippen LogP contribution < -0.4 is 0 Å². The van der Waals surface area contributed by atoms with Gasteiger partial charge in [-0.15, -0.1) is 0 Å². The Kier molecular flexibility index (Phi) is 13.2. The van der Waals surface area contributed by atoms with E-state index in [-0.39, 0.29) is 53.8 Å². The van der Waals surface area contributed by atoms with Gasteiger partial charge in [-0.2, -0.15) is 0 Å². The number of rotatable bonds is 4. The van der Waals surface area contributed by atoms with Crippen molar-refractivity contribution < 1.29 is 22.2 Å². The molecule has 1 atom stereocenters. The van der Waals surface area contributed by atoms with Crippen LogP contribution >= 0.6 is 8.69 Å². The quantitative estimate of drug-likeness (QED) is 0.448. The molecule has 0 saturated heterocycles. The van der Waals surface area contributed by atoms with Crippen molar-refractivity contribution in [3.05, 3.63) is 0 Å². The van der Waals surface area contributed by atoms with Crippen LogP contribution in [-0.4, -0.2) is 67.3 Å². The van der Waals surface area contributed by atoms with Crippen molar-refractivity contribution in [1.82, 2.24) is 0 Å². The first-order valence-electron chi connectivity index (χ1n) is 2.04. The van der Waals surface area contributed by atoms with Gasteiger partial charge >= 0.3 is 46.4 Å². The van der Waals surface area contributed by atoms with E-state index in [1.165, 1.54) is 0 Å². The Morgan fingerprint density at radius 1 is 1.78 bits per heavy atom. The van der Waals surface area contributed by atoms with Crippen LogP contribution in [0.2, 0.25) is 0 Å². The van der Waals surface area contributed by atoms with E-state index < -0.39 is 14.8 Å². The Bertz CT molecular complexity index is 78.4. The summed E-state index contributed by atoms with van der Waals surface area (Å²) >= 11 is 0. The molecule has 52 valence electrons. The molecule has 0 fully saturated rings. The fourth-order valence-electron chi connectivity index (χ4n) is 0.169. The fourth-order valence-corrected chi connectivity index (χ4v) is 0.402. The molecule has 0 aliphatic heterocycles. The summed E-state index contributed by atoms with van der Waals surface area (Å²) in [4.78, 5) is 0. The minimum atomic E-state index is -0.920. The van der Waals surface area contributed by atoms with Crippen LogP contribution in [-0.2, 0) is 9.09 Å². The normalized spacial score (nSPS) is 12.7.